The average molecular weight is 301 g/mol. The van der Waals surface area contributed by atoms with E-state index in [4.69, 9.17) is 0 Å². The maximum atomic E-state index is 13.0. The van der Waals surface area contributed by atoms with Gasteiger partial charge in [0.25, 0.3) is 0 Å². The number of anilines is 1. The van der Waals surface area contributed by atoms with Crippen molar-refractivity contribution in [2.24, 2.45) is 0 Å². The SMILES string of the molecule is CN(C)C(CNC(=O)Nc1ccccc1)c1ccc(F)cc1. The summed E-state index contributed by atoms with van der Waals surface area (Å²) >= 11 is 0. The molecule has 1 unspecified atom stereocenters. The Morgan fingerprint density at radius 1 is 1.09 bits per heavy atom. The number of hydrogen-bond donors (Lipinski definition) is 2. The summed E-state index contributed by atoms with van der Waals surface area (Å²) in [5.74, 6) is -0.268. The third-order valence-corrected chi connectivity index (χ3v) is 3.37. The third-order valence-electron chi connectivity index (χ3n) is 3.37. The zero-order valence-corrected chi connectivity index (χ0v) is 12.7. The molecule has 0 saturated heterocycles. The summed E-state index contributed by atoms with van der Waals surface area (Å²) < 4.78 is 13.0. The lowest BCUT2D eigenvalue weighted by molar-refractivity contribution is 0.243. The van der Waals surface area contributed by atoms with Gasteiger partial charge in [-0.15, -0.1) is 0 Å². The second kappa shape index (κ2) is 7.56. The topological polar surface area (TPSA) is 44.4 Å². The highest BCUT2D eigenvalue weighted by molar-refractivity contribution is 5.89. The van der Waals surface area contributed by atoms with Crippen molar-refractivity contribution in [1.29, 1.82) is 0 Å². The van der Waals surface area contributed by atoms with Gasteiger partial charge >= 0.3 is 6.03 Å². The largest absolute Gasteiger partial charge is 0.336 e. The number of rotatable bonds is 5. The van der Waals surface area contributed by atoms with Crippen LogP contribution in [-0.4, -0.2) is 31.6 Å². The molecular weight excluding hydrogens is 281 g/mol. The third kappa shape index (κ3) is 4.56. The van der Waals surface area contributed by atoms with E-state index in [-0.39, 0.29) is 17.9 Å². The van der Waals surface area contributed by atoms with E-state index in [1.165, 1.54) is 12.1 Å². The highest BCUT2D eigenvalue weighted by atomic mass is 19.1. The minimum Gasteiger partial charge on any atom is -0.336 e. The maximum absolute atomic E-state index is 13.0. The van der Waals surface area contributed by atoms with Crippen LogP contribution in [0.25, 0.3) is 0 Å². The molecule has 116 valence electrons. The molecule has 2 N–H and O–H groups in total. The normalized spacial score (nSPS) is 12.0. The van der Waals surface area contributed by atoms with E-state index in [9.17, 15) is 9.18 Å². The molecule has 5 heteroatoms. The van der Waals surface area contributed by atoms with E-state index in [0.717, 1.165) is 11.3 Å². The number of hydrogen-bond acceptors (Lipinski definition) is 2. The van der Waals surface area contributed by atoms with Crippen LogP contribution in [0, 0.1) is 5.82 Å². The van der Waals surface area contributed by atoms with Crippen LogP contribution >= 0.6 is 0 Å². The minimum absolute atomic E-state index is 0.0258. The van der Waals surface area contributed by atoms with E-state index >= 15 is 0 Å². The molecule has 2 amide bonds. The van der Waals surface area contributed by atoms with Crippen molar-refractivity contribution in [1.82, 2.24) is 10.2 Å². The second-order valence-corrected chi connectivity index (χ2v) is 5.23. The molecule has 1 atom stereocenters. The van der Waals surface area contributed by atoms with Crippen LogP contribution in [0.1, 0.15) is 11.6 Å². The number of carbonyl (C=O) groups is 1. The van der Waals surface area contributed by atoms with E-state index in [1.54, 1.807) is 12.1 Å². The summed E-state index contributed by atoms with van der Waals surface area (Å²) in [6.07, 6.45) is 0. The highest BCUT2D eigenvalue weighted by Crippen LogP contribution is 2.17. The molecule has 0 spiro atoms. The van der Waals surface area contributed by atoms with Gasteiger partial charge < -0.3 is 15.5 Å². The first kappa shape index (κ1) is 16.0. The molecule has 22 heavy (non-hydrogen) atoms. The number of nitrogens with zero attached hydrogens (tertiary/aromatic N) is 1. The summed E-state index contributed by atoms with van der Waals surface area (Å²) in [7, 11) is 3.84. The molecular formula is C17H20FN3O. The second-order valence-electron chi connectivity index (χ2n) is 5.23. The van der Waals surface area contributed by atoms with Gasteiger partial charge in [-0.3, -0.25) is 0 Å². The smallest absolute Gasteiger partial charge is 0.319 e. The lowest BCUT2D eigenvalue weighted by Gasteiger charge is -2.25. The van der Waals surface area contributed by atoms with Crippen molar-refractivity contribution in [2.75, 3.05) is 26.0 Å². The summed E-state index contributed by atoms with van der Waals surface area (Å²) in [5, 5.41) is 5.61. The number of para-hydroxylation sites is 1. The number of benzene rings is 2. The van der Waals surface area contributed by atoms with Gasteiger partial charge in [0.2, 0.25) is 0 Å². The molecule has 0 aliphatic carbocycles. The molecule has 0 saturated carbocycles. The van der Waals surface area contributed by atoms with E-state index in [0.29, 0.717) is 6.54 Å². The molecule has 0 heterocycles. The molecule has 2 rings (SSSR count). The van der Waals surface area contributed by atoms with Crippen LogP contribution in [0.4, 0.5) is 14.9 Å². The number of halogens is 1. The Morgan fingerprint density at radius 2 is 1.73 bits per heavy atom. The van der Waals surface area contributed by atoms with E-state index < -0.39 is 0 Å². The molecule has 0 bridgehead atoms. The van der Waals surface area contributed by atoms with E-state index in [1.807, 2.05) is 49.3 Å². The van der Waals surface area contributed by atoms with Crippen LogP contribution in [0.15, 0.2) is 54.6 Å². The van der Waals surface area contributed by atoms with Gasteiger partial charge in [-0.25, -0.2) is 9.18 Å². The van der Waals surface area contributed by atoms with Crippen LogP contribution in [0.2, 0.25) is 0 Å². The first-order chi connectivity index (χ1) is 10.6. The zero-order chi connectivity index (χ0) is 15.9. The fourth-order valence-corrected chi connectivity index (χ4v) is 2.17. The molecule has 0 aromatic heterocycles. The van der Waals surface area contributed by atoms with Gasteiger partial charge in [0.05, 0.1) is 6.04 Å². The number of nitrogens with one attached hydrogen (secondary N) is 2. The first-order valence-corrected chi connectivity index (χ1v) is 7.08. The van der Waals surface area contributed by atoms with Gasteiger partial charge in [0.15, 0.2) is 0 Å². The predicted octanol–water partition coefficient (Wildman–Crippen LogP) is 3.25. The Kier molecular flexibility index (Phi) is 5.49. The highest BCUT2D eigenvalue weighted by Gasteiger charge is 2.15. The summed E-state index contributed by atoms with van der Waals surface area (Å²) in [6, 6.07) is 15.3. The fourth-order valence-electron chi connectivity index (χ4n) is 2.17. The van der Waals surface area contributed by atoms with Gasteiger partial charge in [0.1, 0.15) is 5.82 Å². The number of urea groups is 1. The molecule has 0 aliphatic heterocycles. The van der Waals surface area contributed by atoms with E-state index in [2.05, 4.69) is 10.6 Å². The molecule has 4 nitrogen and oxygen atoms in total. The van der Waals surface area contributed by atoms with Crippen molar-refractivity contribution in [3.8, 4) is 0 Å². The monoisotopic (exact) mass is 301 g/mol. The molecule has 2 aromatic carbocycles. The number of carbonyl (C=O) groups excluding carboxylic acids is 1. The van der Waals surface area contributed by atoms with Crippen LogP contribution in [0.5, 0.6) is 0 Å². The Labute approximate surface area is 129 Å². The van der Waals surface area contributed by atoms with Gasteiger partial charge in [-0.05, 0) is 43.9 Å². The average Bonchev–Trinajstić information content (AvgIpc) is 2.50. The maximum Gasteiger partial charge on any atom is 0.319 e. The summed E-state index contributed by atoms with van der Waals surface area (Å²) in [6.45, 7) is 0.428. The Hall–Kier alpha value is -2.40. The Morgan fingerprint density at radius 3 is 2.32 bits per heavy atom. The lowest BCUT2D eigenvalue weighted by atomic mass is 10.1. The quantitative estimate of drug-likeness (QED) is 0.890. The zero-order valence-electron chi connectivity index (χ0n) is 12.7. The Balaban J connectivity index is 1.94. The van der Waals surface area contributed by atoms with Crippen LogP contribution in [-0.2, 0) is 0 Å². The van der Waals surface area contributed by atoms with Crippen molar-refractivity contribution >= 4 is 11.7 Å². The minimum atomic E-state index is -0.268. The van der Waals surface area contributed by atoms with Crippen molar-refractivity contribution in [3.05, 3.63) is 66.0 Å². The van der Waals surface area contributed by atoms with Gasteiger partial charge in [0, 0.05) is 12.2 Å². The number of amides is 2. The summed E-state index contributed by atoms with van der Waals surface area (Å²) in [5.41, 5.74) is 1.69. The molecule has 0 radical (unpaired) electrons. The van der Waals surface area contributed by atoms with Crippen molar-refractivity contribution in [3.63, 3.8) is 0 Å². The standard InChI is InChI=1S/C17H20FN3O/c1-21(2)16(13-8-10-14(18)11-9-13)12-19-17(22)20-15-6-4-3-5-7-15/h3-11,16H,12H2,1-2H3,(H2,19,20,22). The van der Waals surface area contributed by atoms with Crippen LogP contribution < -0.4 is 10.6 Å². The molecule has 2 aromatic rings. The van der Waals surface area contributed by atoms with Gasteiger partial charge in [-0.2, -0.15) is 0 Å². The number of likely N-dealkylation sites (N-methyl/N-ethyl adjacent to an activating group) is 1. The molecule has 0 aliphatic rings. The van der Waals surface area contributed by atoms with Crippen molar-refractivity contribution < 1.29 is 9.18 Å². The first-order valence-electron chi connectivity index (χ1n) is 7.08. The predicted molar refractivity (Wildman–Crippen MR) is 86.3 cm³/mol. The fraction of sp³-hybridized carbons (Fsp3) is 0.235. The van der Waals surface area contributed by atoms with Gasteiger partial charge in [-0.1, -0.05) is 30.3 Å². The Bertz CT molecular complexity index is 599. The summed E-state index contributed by atoms with van der Waals surface area (Å²) in [4.78, 5) is 13.9. The molecule has 0 fully saturated rings. The van der Waals surface area contributed by atoms with Crippen molar-refractivity contribution in [2.45, 2.75) is 6.04 Å². The lowest BCUT2D eigenvalue weighted by Crippen LogP contribution is -2.36. The van der Waals surface area contributed by atoms with Crippen LogP contribution in [0.3, 0.4) is 0 Å².